The molecule has 0 aliphatic carbocycles. The van der Waals surface area contributed by atoms with Crippen molar-refractivity contribution in [2.45, 2.75) is 6.42 Å². The lowest BCUT2D eigenvalue weighted by Gasteiger charge is -1.99. The van der Waals surface area contributed by atoms with Crippen molar-refractivity contribution < 1.29 is 4.74 Å². The van der Waals surface area contributed by atoms with Gasteiger partial charge in [-0.1, -0.05) is 8.93 Å². The number of hydrogen-bond donors (Lipinski definition) is 0. The zero-order chi connectivity index (χ0) is 5.82. The van der Waals surface area contributed by atoms with E-state index in [0.717, 1.165) is 19.1 Å². The Morgan fingerprint density at radius 2 is 2.62 bits per heavy atom. The Morgan fingerprint density at radius 1 is 1.75 bits per heavy atom. The predicted octanol–water partition coefficient (Wildman–Crippen LogP) is 2.11. The molecular weight excluding hydrogens is 235 g/mol. The van der Waals surface area contributed by atoms with Crippen LogP contribution in [0.3, 0.4) is 0 Å². The lowest BCUT2D eigenvalue weighted by Crippen LogP contribution is -1.99. The van der Waals surface area contributed by atoms with Crippen molar-refractivity contribution in [3.05, 3.63) is 0 Å². The highest BCUT2D eigenvalue weighted by Gasteiger charge is 2.14. The summed E-state index contributed by atoms with van der Waals surface area (Å²) in [5, 5.41) is 0. The quantitative estimate of drug-likeness (QED) is 0.688. The minimum absolute atomic E-state index is 0.844. The highest BCUT2D eigenvalue weighted by Crippen LogP contribution is 2.21. The van der Waals surface area contributed by atoms with E-state index in [-0.39, 0.29) is 0 Å². The Morgan fingerprint density at radius 3 is 3.12 bits per heavy atom. The van der Waals surface area contributed by atoms with Crippen molar-refractivity contribution in [3.63, 3.8) is 0 Å². The number of ether oxygens (including phenoxy) is 1. The van der Waals surface area contributed by atoms with Crippen LogP contribution in [0.5, 0.6) is 0 Å². The van der Waals surface area contributed by atoms with Crippen LogP contribution in [-0.4, -0.2) is 19.0 Å². The van der Waals surface area contributed by atoms with Gasteiger partial charge in [-0.2, -0.15) is 0 Å². The molecule has 0 radical (unpaired) electrons. The van der Waals surface area contributed by atoms with Gasteiger partial charge in [-0.3, -0.25) is 0 Å². The predicted molar refractivity (Wildman–Crippen MR) is 45.4 cm³/mol. The molecule has 0 N–H and O–H groups in total. The van der Waals surface area contributed by atoms with E-state index in [1.807, 2.05) is 8.93 Å². The molecule has 8 heavy (non-hydrogen) atoms. The second kappa shape index (κ2) is 3.95. The Hall–Kier alpha value is 1.04. The minimum atomic E-state index is 0.844. The third-order valence-corrected chi connectivity index (χ3v) is 3.00. The molecular formula is C5H9IOS. The van der Waals surface area contributed by atoms with E-state index < -0.39 is 0 Å². The Kier molecular flexibility index (Phi) is 3.53. The van der Waals surface area contributed by atoms with E-state index in [2.05, 4.69) is 21.2 Å². The molecule has 0 bridgehead atoms. The fourth-order valence-corrected chi connectivity index (χ4v) is 2.77. The van der Waals surface area contributed by atoms with E-state index in [0.29, 0.717) is 0 Å². The zero-order valence-corrected chi connectivity index (χ0v) is 7.57. The van der Waals surface area contributed by atoms with Gasteiger partial charge < -0.3 is 4.74 Å². The van der Waals surface area contributed by atoms with Crippen molar-refractivity contribution in [2.24, 2.45) is 5.92 Å². The van der Waals surface area contributed by atoms with E-state index in [9.17, 15) is 0 Å². The van der Waals surface area contributed by atoms with Crippen LogP contribution in [0.15, 0.2) is 0 Å². The van der Waals surface area contributed by atoms with E-state index in [1.54, 1.807) is 0 Å². The van der Waals surface area contributed by atoms with Crippen LogP contribution >= 0.6 is 30.1 Å². The van der Waals surface area contributed by atoms with Gasteiger partial charge >= 0.3 is 0 Å². The second-order valence-electron chi connectivity index (χ2n) is 2.01. The summed E-state index contributed by atoms with van der Waals surface area (Å²) in [4.78, 5) is 0. The van der Waals surface area contributed by atoms with Gasteiger partial charge in [-0.25, -0.2) is 0 Å². The second-order valence-corrected chi connectivity index (χ2v) is 4.43. The first-order valence-corrected chi connectivity index (χ1v) is 6.27. The molecule has 1 fully saturated rings. The van der Waals surface area contributed by atoms with Gasteiger partial charge in [0.15, 0.2) is 0 Å². The third-order valence-electron chi connectivity index (χ3n) is 1.32. The van der Waals surface area contributed by atoms with Crippen molar-refractivity contribution in [3.8, 4) is 0 Å². The molecule has 1 atom stereocenters. The highest BCUT2D eigenvalue weighted by molar-refractivity contribution is 14.2. The van der Waals surface area contributed by atoms with Gasteiger partial charge in [0.2, 0.25) is 0 Å². The first-order chi connectivity index (χ1) is 3.93. The molecule has 1 nitrogen and oxygen atoms in total. The molecule has 1 saturated heterocycles. The number of rotatable bonds is 2. The molecule has 3 heteroatoms. The van der Waals surface area contributed by atoms with Gasteiger partial charge in [-0.05, 0) is 33.5 Å². The Bertz CT molecular complexity index is 63.4. The largest absolute Gasteiger partial charge is 0.381 e. The lowest BCUT2D eigenvalue weighted by molar-refractivity contribution is 0.189. The van der Waals surface area contributed by atoms with Gasteiger partial charge in [0.25, 0.3) is 0 Å². The highest BCUT2D eigenvalue weighted by atomic mass is 127. The third kappa shape index (κ3) is 2.11. The average molecular weight is 244 g/mol. The summed E-state index contributed by atoms with van der Waals surface area (Å²) in [6, 6.07) is 0. The topological polar surface area (TPSA) is 9.23 Å². The molecule has 48 valence electrons. The molecule has 0 aromatic heterocycles. The molecule has 1 aliphatic heterocycles. The molecule has 0 aromatic rings. The summed E-state index contributed by atoms with van der Waals surface area (Å²) in [6.07, 6.45) is 1.27. The normalized spacial score (nSPS) is 28.9. The Balaban J connectivity index is 2.06. The maximum atomic E-state index is 5.19. The summed E-state index contributed by atoms with van der Waals surface area (Å²) < 4.78 is 5.19. The van der Waals surface area contributed by atoms with Crippen LogP contribution in [0.2, 0.25) is 0 Å². The van der Waals surface area contributed by atoms with Crippen LogP contribution in [0, 0.1) is 5.92 Å². The summed E-state index contributed by atoms with van der Waals surface area (Å²) in [6.45, 7) is 1.98. The maximum Gasteiger partial charge on any atom is 0.0503 e. The molecule has 0 spiro atoms. The van der Waals surface area contributed by atoms with Crippen LogP contribution in [0.25, 0.3) is 0 Å². The van der Waals surface area contributed by atoms with Gasteiger partial charge in [0, 0.05) is 12.4 Å². The SMILES string of the molecule is ISCC1CCOC1. The monoisotopic (exact) mass is 244 g/mol. The molecule has 1 aliphatic rings. The first kappa shape index (κ1) is 7.15. The Labute approximate surface area is 66.1 Å². The van der Waals surface area contributed by atoms with E-state index in [1.165, 1.54) is 12.2 Å². The van der Waals surface area contributed by atoms with Crippen LogP contribution < -0.4 is 0 Å². The fraction of sp³-hybridized carbons (Fsp3) is 1.00. The van der Waals surface area contributed by atoms with Crippen molar-refractivity contribution in [2.75, 3.05) is 19.0 Å². The van der Waals surface area contributed by atoms with E-state index in [4.69, 9.17) is 4.74 Å². The minimum Gasteiger partial charge on any atom is -0.381 e. The summed E-state index contributed by atoms with van der Waals surface area (Å²) >= 11 is 2.34. The summed E-state index contributed by atoms with van der Waals surface area (Å²) in [5.41, 5.74) is 0. The summed E-state index contributed by atoms with van der Waals surface area (Å²) in [7, 11) is 1.89. The van der Waals surface area contributed by atoms with Crippen molar-refractivity contribution >= 4 is 30.1 Å². The average Bonchev–Trinajstić information content (AvgIpc) is 2.19. The van der Waals surface area contributed by atoms with Crippen LogP contribution in [-0.2, 0) is 4.74 Å². The maximum absolute atomic E-state index is 5.19. The molecule has 0 saturated carbocycles. The molecule has 1 unspecified atom stereocenters. The number of hydrogen-bond acceptors (Lipinski definition) is 2. The van der Waals surface area contributed by atoms with Crippen LogP contribution in [0.1, 0.15) is 6.42 Å². The van der Waals surface area contributed by atoms with E-state index >= 15 is 0 Å². The smallest absolute Gasteiger partial charge is 0.0503 e. The standard InChI is InChI=1S/C5H9IOS/c6-8-4-5-1-2-7-3-5/h5H,1-4H2. The summed E-state index contributed by atoms with van der Waals surface area (Å²) in [5.74, 6) is 2.11. The van der Waals surface area contributed by atoms with Crippen molar-refractivity contribution in [1.29, 1.82) is 0 Å². The zero-order valence-electron chi connectivity index (χ0n) is 4.60. The van der Waals surface area contributed by atoms with Gasteiger partial charge in [-0.15, -0.1) is 0 Å². The van der Waals surface area contributed by atoms with Gasteiger partial charge in [0.1, 0.15) is 0 Å². The lowest BCUT2D eigenvalue weighted by atomic mass is 10.2. The molecule has 1 heterocycles. The molecule has 1 rings (SSSR count). The number of halogens is 1. The van der Waals surface area contributed by atoms with Gasteiger partial charge in [0.05, 0.1) is 6.61 Å². The van der Waals surface area contributed by atoms with Crippen molar-refractivity contribution in [1.82, 2.24) is 0 Å². The first-order valence-electron chi connectivity index (χ1n) is 2.75. The molecule has 0 aromatic carbocycles. The van der Waals surface area contributed by atoms with Crippen LogP contribution in [0.4, 0.5) is 0 Å². The fourth-order valence-electron chi connectivity index (χ4n) is 0.804. The molecule has 0 amide bonds.